The maximum absolute atomic E-state index is 12.5. The Morgan fingerprint density at radius 2 is 1.83 bits per heavy atom. The Kier molecular flexibility index (Phi) is 6.03. The van der Waals surface area contributed by atoms with Crippen LogP contribution in [0.1, 0.15) is 19.8 Å². The first-order valence-corrected chi connectivity index (χ1v) is 8.13. The number of rotatable bonds is 6. The normalized spacial score (nSPS) is 21.6. The first kappa shape index (κ1) is 18.1. The summed E-state index contributed by atoms with van der Waals surface area (Å²) in [6.07, 6.45) is 1.47. The molecule has 132 valence electrons. The fourth-order valence-electron chi connectivity index (χ4n) is 3.06. The summed E-state index contributed by atoms with van der Waals surface area (Å²) in [6, 6.07) is 5.07. The van der Waals surface area contributed by atoms with Crippen molar-refractivity contribution in [2.45, 2.75) is 25.8 Å². The monoisotopic (exact) mass is 336 g/mol. The second kappa shape index (κ2) is 8.01. The van der Waals surface area contributed by atoms with Gasteiger partial charge in [-0.3, -0.25) is 9.59 Å². The van der Waals surface area contributed by atoms with Gasteiger partial charge in [0.1, 0.15) is 0 Å². The van der Waals surface area contributed by atoms with Gasteiger partial charge in [0, 0.05) is 30.5 Å². The smallest absolute Gasteiger partial charge is 0.282 e. The van der Waals surface area contributed by atoms with Crippen LogP contribution in [0.5, 0.6) is 11.5 Å². The molecule has 1 aromatic rings. The van der Waals surface area contributed by atoms with E-state index in [4.69, 9.17) is 15.2 Å². The van der Waals surface area contributed by atoms with Crippen molar-refractivity contribution in [1.82, 2.24) is 0 Å². The molecule has 2 amide bonds. The Labute approximate surface area is 142 Å². The Bertz CT molecular complexity index is 597. The van der Waals surface area contributed by atoms with Crippen LogP contribution in [-0.2, 0) is 9.59 Å². The lowest BCUT2D eigenvalue weighted by Gasteiger charge is -2.31. The van der Waals surface area contributed by atoms with E-state index in [0.29, 0.717) is 17.2 Å². The third-order valence-electron chi connectivity index (χ3n) is 4.69. The van der Waals surface area contributed by atoms with Gasteiger partial charge in [0.15, 0.2) is 17.5 Å². The third kappa shape index (κ3) is 4.17. The number of amides is 2. The average Bonchev–Trinajstić information content (AvgIpc) is 2.60. The van der Waals surface area contributed by atoms with Crippen LogP contribution in [0.2, 0.25) is 0 Å². The topological polar surface area (TPSA) is 95.1 Å². The number of piperidine rings is 1. The van der Waals surface area contributed by atoms with E-state index in [9.17, 15) is 9.59 Å². The second-order valence-corrected chi connectivity index (χ2v) is 6.12. The Balaban J connectivity index is 1.96. The minimum atomic E-state index is -0.239. The SMILES string of the molecule is COc1ccc(NC(=O)[C@@H](C)[NH+]2CCC(C(N)=O)CC2)cc1OC. The first-order chi connectivity index (χ1) is 11.5. The molecule has 1 atom stereocenters. The van der Waals surface area contributed by atoms with Crippen molar-refractivity contribution in [2.24, 2.45) is 11.7 Å². The Hall–Kier alpha value is -2.28. The molecule has 1 aromatic carbocycles. The summed E-state index contributed by atoms with van der Waals surface area (Å²) in [5.74, 6) is 0.821. The summed E-state index contributed by atoms with van der Waals surface area (Å²) in [7, 11) is 3.12. The van der Waals surface area contributed by atoms with Crippen LogP contribution in [0.25, 0.3) is 0 Å². The zero-order chi connectivity index (χ0) is 17.7. The highest BCUT2D eigenvalue weighted by molar-refractivity contribution is 5.94. The fraction of sp³-hybridized carbons (Fsp3) is 0.529. The molecule has 1 aliphatic rings. The van der Waals surface area contributed by atoms with Gasteiger partial charge in [-0.1, -0.05) is 0 Å². The van der Waals surface area contributed by atoms with Gasteiger partial charge in [-0.25, -0.2) is 0 Å². The first-order valence-electron chi connectivity index (χ1n) is 8.13. The van der Waals surface area contributed by atoms with E-state index in [1.807, 2.05) is 6.92 Å². The van der Waals surface area contributed by atoms with Crippen molar-refractivity contribution in [3.8, 4) is 11.5 Å². The van der Waals surface area contributed by atoms with Gasteiger partial charge in [-0.2, -0.15) is 0 Å². The van der Waals surface area contributed by atoms with E-state index in [0.717, 1.165) is 25.9 Å². The molecule has 0 aromatic heterocycles. The molecular formula is C17H26N3O4+. The van der Waals surface area contributed by atoms with Crippen LogP contribution in [0.3, 0.4) is 0 Å². The third-order valence-corrected chi connectivity index (χ3v) is 4.69. The highest BCUT2D eigenvalue weighted by atomic mass is 16.5. The number of hydrogen-bond donors (Lipinski definition) is 3. The fourth-order valence-corrected chi connectivity index (χ4v) is 3.06. The molecule has 0 spiro atoms. The maximum atomic E-state index is 12.5. The van der Waals surface area contributed by atoms with Crippen molar-refractivity contribution >= 4 is 17.5 Å². The number of nitrogens with two attached hydrogens (primary N) is 1. The van der Waals surface area contributed by atoms with Gasteiger partial charge in [0.05, 0.1) is 27.3 Å². The van der Waals surface area contributed by atoms with Gasteiger partial charge in [-0.05, 0) is 19.1 Å². The number of anilines is 1. The minimum Gasteiger partial charge on any atom is -0.493 e. The second-order valence-electron chi connectivity index (χ2n) is 6.12. The number of methoxy groups -OCH3 is 2. The largest absolute Gasteiger partial charge is 0.493 e. The van der Waals surface area contributed by atoms with E-state index < -0.39 is 0 Å². The van der Waals surface area contributed by atoms with Crippen molar-refractivity contribution in [1.29, 1.82) is 0 Å². The number of quaternary nitrogens is 1. The summed E-state index contributed by atoms with van der Waals surface area (Å²) >= 11 is 0. The number of nitrogens with one attached hydrogen (secondary N) is 2. The molecule has 1 aliphatic heterocycles. The summed E-state index contributed by atoms with van der Waals surface area (Å²) in [4.78, 5) is 24.9. The van der Waals surface area contributed by atoms with Crippen LogP contribution < -0.4 is 25.4 Å². The maximum Gasteiger partial charge on any atom is 0.282 e. The summed E-state index contributed by atoms with van der Waals surface area (Å²) in [6.45, 7) is 3.44. The molecule has 0 bridgehead atoms. The zero-order valence-corrected chi connectivity index (χ0v) is 14.4. The molecule has 0 saturated carbocycles. The average molecular weight is 336 g/mol. The van der Waals surface area contributed by atoms with E-state index >= 15 is 0 Å². The standard InChI is InChI=1S/C17H25N3O4/c1-11(20-8-6-12(7-9-20)16(18)21)17(22)19-13-4-5-14(23-2)15(10-13)24-3/h4-5,10-12H,6-9H2,1-3H3,(H2,18,21)(H,19,22)/p+1/t11-/m1/s1. The molecule has 2 rings (SSSR count). The van der Waals surface area contributed by atoms with E-state index in [-0.39, 0.29) is 23.8 Å². The van der Waals surface area contributed by atoms with Crippen LogP contribution >= 0.6 is 0 Å². The van der Waals surface area contributed by atoms with Crippen LogP contribution in [0.4, 0.5) is 5.69 Å². The molecule has 7 heteroatoms. The Morgan fingerprint density at radius 1 is 1.21 bits per heavy atom. The number of carbonyl (C=O) groups excluding carboxylic acids is 2. The number of carbonyl (C=O) groups is 2. The summed E-state index contributed by atoms with van der Waals surface area (Å²) in [5, 5.41) is 2.91. The lowest BCUT2D eigenvalue weighted by atomic mass is 9.95. The quantitative estimate of drug-likeness (QED) is 0.671. The van der Waals surface area contributed by atoms with E-state index in [1.165, 1.54) is 4.90 Å². The summed E-state index contributed by atoms with van der Waals surface area (Å²) in [5.41, 5.74) is 6.02. The van der Waals surface area contributed by atoms with E-state index in [1.54, 1.807) is 32.4 Å². The molecule has 0 aliphatic carbocycles. The highest BCUT2D eigenvalue weighted by Gasteiger charge is 2.32. The highest BCUT2D eigenvalue weighted by Crippen LogP contribution is 2.29. The van der Waals surface area contributed by atoms with E-state index in [2.05, 4.69) is 5.32 Å². The molecule has 7 nitrogen and oxygen atoms in total. The molecule has 4 N–H and O–H groups in total. The number of hydrogen-bond acceptors (Lipinski definition) is 4. The molecule has 1 heterocycles. The summed E-state index contributed by atoms with van der Waals surface area (Å²) < 4.78 is 10.4. The van der Waals surface area contributed by atoms with Crippen molar-refractivity contribution < 1.29 is 24.0 Å². The molecule has 24 heavy (non-hydrogen) atoms. The van der Waals surface area contributed by atoms with Gasteiger partial charge < -0.3 is 25.4 Å². The van der Waals surface area contributed by atoms with Crippen molar-refractivity contribution in [3.05, 3.63) is 18.2 Å². The molecule has 0 radical (unpaired) electrons. The molecule has 1 saturated heterocycles. The molecular weight excluding hydrogens is 310 g/mol. The Morgan fingerprint density at radius 3 is 2.38 bits per heavy atom. The van der Waals surface area contributed by atoms with Gasteiger partial charge in [0.2, 0.25) is 5.91 Å². The van der Waals surface area contributed by atoms with Gasteiger partial charge in [-0.15, -0.1) is 0 Å². The van der Waals surface area contributed by atoms with Crippen molar-refractivity contribution in [3.63, 3.8) is 0 Å². The zero-order valence-electron chi connectivity index (χ0n) is 14.4. The lowest BCUT2D eigenvalue weighted by molar-refractivity contribution is -0.919. The number of benzene rings is 1. The lowest BCUT2D eigenvalue weighted by Crippen LogP contribution is -3.17. The van der Waals surface area contributed by atoms with Crippen LogP contribution in [-0.4, -0.2) is 45.2 Å². The van der Waals surface area contributed by atoms with Gasteiger partial charge >= 0.3 is 0 Å². The minimum absolute atomic E-state index is 0.0603. The predicted molar refractivity (Wildman–Crippen MR) is 90.3 cm³/mol. The van der Waals surface area contributed by atoms with Gasteiger partial charge in [0.25, 0.3) is 5.91 Å². The molecule has 1 fully saturated rings. The van der Waals surface area contributed by atoms with Crippen LogP contribution in [0, 0.1) is 5.92 Å². The van der Waals surface area contributed by atoms with Crippen molar-refractivity contribution in [2.75, 3.05) is 32.6 Å². The number of primary amides is 1. The number of likely N-dealkylation sites (tertiary alicyclic amines) is 1. The predicted octanol–water partition coefficient (Wildman–Crippen LogP) is -0.189. The molecule has 0 unspecified atom stereocenters. The van der Waals surface area contributed by atoms with Crippen LogP contribution in [0.15, 0.2) is 18.2 Å². The number of ether oxygens (including phenoxy) is 2.